The summed E-state index contributed by atoms with van der Waals surface area (Å²) in [5, 5.41) is 2.94. The summed E-state index contributed by atoms with van der Waals surface area (Å²) in [5.74, 6) is 1.07. The monoisotopic (exact) mass is 425 g/mol. The maximum absolute atomic E-state index is 12.5. The van der Waals surface area contributed by atoms with Gasteiger partial charge in [0.1, 0.15) is 0 Å². The minimum atomic E-state index is -0.168. The van der Waals surface area contributed by atoms with Gasteiger partial charge < -0.3 is 14.8 Å². The molecule has 2 aromatic rings. The average molecular weight is 425 g/mol. The summed E-state index contributed by atoms with van der Waals surface area (Å²) in [6.07, 6.45) is 0. The van der Waals surface area contributed by atoms with Crippen LogP contribution >= 0.6 is 22.6 Å². The molecule has 0 aliphatic rings. The van der Waals surface area contributed by atoms with E-state index in [4.69, 9.17) is 9.47 Å². The lowest BCUT2D eigenvalue weighted by Gasteiger charge is -2.13. The topological polar surface area (TPSA) is 47.6 Å². The minimum absolute atomic E-state index is 0.168. The minimum Gasteiger partial charge on any atom is -0.490 e. The average Bonchev–Trinajstić information content (AvgIpc) is 2.52. The van der Waals surface area contributed by atoms with Crippen LogP contribution in [0.4, 0.5) is 5.69 Å². The molecule has 0 heterocycles. The van der Waals surface area contributed by atoms with Gasteiger partial charge in [-0.05, 0) is 85.3 Å². The molecule has 1 amide bonds. The van der Waals surface area contributed by atoms with Crippen LogP contribution in [-0.4, -0.2) is 19.1 Å². The number of nitrogens with one attached hydrogen (secondary N) is 1. The van der Waals surface area contributed by atoms with Crippen molar-refractivity contribution in [3.63, 3.8) is 0 Å². The maximum atomic E-state index is 12.5. The van der Waals surface area contributed by atoms with Gasteiger partial charge in [-0.15, -0.1) is 0 Å². The molecule has 1 N–H and O–H groups in total. The Kier molecular flexibility index (Phi) is 6.27. The third-order valence-corrected chi connectivity index (χ3v) is 3.91. The molecule has 0 fully saturated rings. The molecule has 122 valence electrons. The highest BCUT2D eigenvalue weighted by Crippen LogP contribution is 2.29. The van der Waals surface area contributed by atoms with E-state index in [2.05, 4.69) is 27.9 Å². The predicted molar refractivity (Wildman–Crippen MR) is 101 cm³/mol. The molecule has 0 saturated carbocycles. The normalized spacial score (nSPS) is 10.3. The Hall–Kier alpha value is -1.76. The number of hydrogen-bond donors (Lipinski definition) is 1. The number of anilines is 1. The molecule has 0 spiro atoms. The van der Waals surface area contributed by atoms with E-state index in [1.807, 2.05) is 39.0 Å². The zero-order chi connectivity index (χ0) is 16.8. The van der Waals surface area contributed by atoms with Gasteiger partial charge in [-0.2, -0.15) is 0 Å². The van der Waals surface area contributed by atoms with E-state index in [-0.39, 0.29) is 5.91 Å². The van der Waals surface area contributed by atoms with Crippen LogP contribution in [0.25, 0.3) is 0 Å². The summed E-state index contributed by atoms with van der Waals surface area (Å²) in [5.41, 5.74) is 2.37. The lowest BCUT2D eigenvalue weighted by molar-refractivity contribution is 0.102. The van der Waals surface area contributed by atoms with Crippen LogP contribution in [0.15, 0.2) is 36.4 Å². The lowest BCUT2D eigenvalue weighted by atomic mass is 10.1. The Morgan fingerprint density at radius 2 is 1.74 bits per heavy atom. The van der Waals surface area contributed by atoms with Gasteiger partial charge in [0.25, 0.3) is 5.91 Å². The van der Waals surface area contributed by atoms with Crippen LogP contribution in [0.1, 0.15) is 29.8 Å². The Morgan fingerprint density at radius 3 is 2.39 bits per heavy atom. The van der Waals surface area contributed by atoms with Gasteiger partial charge in [-0.3, -0.25) is 4.79 Å². The van der Waals surface area contributed by atoms with E-state index in [1.165, 1.54) is 0 Å². The number of ether oxygens (including phenoxy) is 2. The van der Waals surface area contributed by atoms with Crippen LogP contribution in [0.3, 0.4) is 0 Å². The van der Waals surface area contributed by atoms with Crippen LogP contribution in [-0.2, 0) is 0 Å². The molecule has 0 saturated heterocycles. The number of rotatable bonds is 6. The Bertz CT molecular complexity index is 701. The van der Waals surface area contributed by atoms with Gasteiger partial charge in [-0.1, -0.05) is 0 Å². The van der Waals surface area contributed by atoms with Crippen molar-refractivity contribution in [1.29, 1.82) is 0 Å². The van der Waals surface area contributed by atoms with E-state index < -0.39 is 0 Å². The lowest BCUT2D eigenvalue weighted by Crippen LogP contribution is -2.13. The summed E-state index contributed by atoms with van der Waals surface area (Å²) in [6, 6.07) is 11.1. The molecule has 5 heteroatoms. The molecule has 0 atom stereocenters. The fourth-order valence-electron chi connectivity index (χ4n) is 2.15. The van der Waals surface area contributed by atoms with Crippen molar-refractivity contribution < 1.29 is 14.3 Å². The molecule has 4 nitrogen and oxygen atoms in total. The Morgan fingerprint density at radius 1 is 1.04 bits per heavy atom. The molecule has 0 unspecified atom stereocenters. The van der Waals surface area contributed by atoms with Crippen molar-refractivity contribution in [3.8, 4) is 11.5 Å². The van der Waals surface area contributed by atoms with Crippen molar-refractivity contribution in [1.82, 2.24) is 0 Å². The summed E-state index contributed by atoms with van der Waals surface area (Å²) < 4.78 is 12.2. The summed E-state index contributed by atoms with van der Waals surface area (Å²) in [4.78, 5) is 12.5. The van der Waals surface area contributed by atoms with Crippen molar-refractivity contribution in [2.75, 3.05) is 18.5 Å². The largest absolute Gasteiger partial charge is 0.490 e. The number of carbonyl (C=O) groups is 1. The van der Waals surface area contributed by atoms with E-state index in [1.54, 1.807) is 18.2 Å². The molecule has 23 heavy (non-hydrogen) atoms. The van der Waals surface area contributed by atoms with E-state index in [9.17, 15) is 4.79 Å². The molecular weight excluding hydrogens is 405 g/mol. The van der Waals surface area contributed by atoms with Crippen molar-refractivity contribution in [2.45, 2.75) is 20.8 Å². The van der Waals surface area contributed by atoms with Gasteiger partial charge in [0, 0.05) is 14.8 Å². The van der Waals surface area contributed by atoms with Crippen molar-refractivity contribution >= 4 is 34.2 Å². The first-order valence-electron chi connectivity index (χ1n) is 7.52. The summed E-state index contributed by atoms with van der Waals surface area (Å²) in [6.45, 7) is 6.85. The number of hydrogen-bond acceptors (Lipinski definition) is 3. The van der Waals surface area contributed by atoms with Crippen LogP contribution in [0.2, 0.25) is 0 Å². The number of halogens is 1. The fraction of sp³-hybridized carbons (Fsp3) is 0.278. The van der Waals surface area contributed by atoms with Crippen molar-refractivity contribution in [2.24, 2.45) is 0 Å². The molecule has 0 aromatic heterocycles. The van der Waals surface area contributed by atoms with Gasteiger partial charge >= 0.3 is 0 Å². The first-order chi connectivity index (χ1) is 11.0. The van der Waals surface area contributed by atoms with Crippen LogP contribution in [0, 0.1) is 10.5 Å². The van der Waals surface area contributed by atoms with Crippen molar-refractivity contribution in [3.05, 3.63) is 51.1 Å². The van der Waals surface area contributed by atoms with Gasteiger partial charge in [0.2, 0.25) is 0 Å². The number of carbonyl (C=O) groups excluding carboxylic acids is 1. The second kappa shape index (κ2) is 8.19. The number of aryl methyl sites for hydroxylation is 1. The van der Waals surface area contributed by atoms with Gasteiger partial charge in [-0.25, -0.2) is 0 Å². The third-order valence-electron chi connectivity index (χ3n) is 3.24. The second-order valence-corrected chi connectivity index (χ2v) is 6.19. The highest BCUT2D eigenvalue weighted by molar-refractivity contribution is 14.1. The van der Waals surface area contributed by atoms with Crippen LogP contribution in [0.5, 0.6) is 11.5 Å². The first kappa shape index (κ1) is 17.6. The maximum Gasteiger partial charge on any atom is 0.255 e. The molecule has 2 aromatic carbocycles. The second-order valence-electron chi connectivity index (χ2n) is 4.94. The number of benzene rings is 2. The van der Waals surface area contributed by atoms with Gasteiger partial charge in [0.05, 0.1) is 13.2 Å². The molecule has 2 rings (SSSR count). The molecule has 0 aliphatic heterocycles. The predicted octanol–water partition coefficient (Wildman–Crippen LogP) is 4.65. The van der Waals surface area contributed by atoms with E-state index >= 15 is 0 Å². The summed E-state index contributed by atoms with van der Waals surface area (Å²) >= 11 is 2.25. The quantitative estimate of drug-likeness (QED) is 0.686. The zero-order valence-electron chi connectivity index (χ0n) is 13.5. The fourth-order valence-corrected chi connectivity index (χ4v) is 2.80. The van der Waals surface area contributed by atoms with Gasteiger partial charge in [0.15, 0.2) is 11.5 Å². The molecule has 0 radical (unpaired) electrons. The SMILES string of the molecule is CCOc1ccc(C(=O)Nc2ccc(I)cc2C)cc1OCC. The van der Waals surface area contributed by atoms with E-state index in [0.29, 0.717) is 30.3 Å². The smallest absolute Gasteiger partial charge is 0.255 e. The number of amides is 1. The molecule has 0 aliphatic carbocycles. The zero-order valence-corrected chi connectivity index (χ0v) is 15.6. The Balaban J connectivity index is 2.23. The third kappa shape index (κ3) is 4.60. The molecular formula is C18H20INO3. The highest BCUT2D eigenvalue weighted by atomic mass is 127. The molecule has 0 bridgehead atoms. The van der Waals surface area contributed by atoms with E-state index in [0.717, 1.165) is 14.8 Å². The highest BCUT2D eigenvalue weighted by Gasteiger charge is 2.12. The summed E-state index contributed by atoms with van der Waals surface area (Å²) in [7, 11) is 0. The first-order valence-corrected chi connectivity index (χ1v) is 8.60. The Labute approximate surface area is 150 Å². The van der Waals surface area contributed by atoms with Crippen LogP contribution < -0.4 is 14.8 Å². The standard InChI is InChI=1S/C18H20INO3/c1-4-22-16-9-6-13(11-17(16)23-5-2)18(21)20-15-8-7-14(19)10-12(15)3/h6-11H,4-5H2,1-3H3,(H,20,21).